The van der Waals surface area contributed by atoms with Gasteiger partial charge in [0.15, 0.2) is 0 Å². The van der Waals surface area contributed by atoms with Gasteiger partial charge in [-0.05, 0) is 34.0 Å². The number of ether oxygens (including phenoxy) is 2. The van der Waals surface area contributed by atoms with Crippen LogP contribution in [0, 0.1) is 0 Å². The molecule has 9 nitrogen and oxygen atoms in total. The first-order chi connectivity index (χ1) is 22.7. The first-order valence-electron chi connectivity index (χ1n) is 15.1. The lowest BCUT2D eigenvalue weighted by atomic mass is 9.95. The van der Waals surface area contributed by atoms with Gasteiger partial charge in [0.05, 0.1) is 11.4 Å². The maximum atomic E-state index is 14.0. The number of carbonyl (C=O) groups excluding carboxylic acids is 4. The van der Waals surface area contributed by atoms with Gasteiger partial charge in [0.25, 0.3) is 11.8 Å². The summed E-state index contributed by atoms with van der Waals surface area (Å²) in [6.45, 7) is 3.29. The number of amides is 2. The van der Waals surface area contributed by atoms with Crippen molar-refractivity contribution < 1.29 is 28.7 Å². The molecular weight excluding hydrogens is 641 g/mol. The van der Waals surface area contributed by atoms with Crippen molar-refractivity contribution >= 4 is 79.9 Å². The van der Waals surface area contributed by atoms with Crippen LogP contribution < -0.4 is 19.3 Å². The molecule has 238 valence electrons. The second-order valence-corrected chi connectivity index (χ2v) is 12.3. The Labute approximate surface area is 279 Å². The highest BCUT2D eigenvalue weighted by Crippen LogP contribution is 2.47. The van der Waals surface area contributed by atoms with Crippen LogP contribution in [0.2, 0.25) is 0 Å². The van der Waals surface area contributed by atoms with E-state index in [0.29, 0.717) is 36.0 Å². The van der Waals surface area contributed by atoms with E-state index in [4.69, 9.17) is 32.7 Å². The Kier molecular flexibility index (Phi) is 7.90. The number of benzene rings is 4. The molecule has 2 aliphatic rings. The summed E-state index contributed by atoms with van der Waals surface area (Å²) >= 11 is 12.8. The molecule has 2 unspecified atom stereocenters. The Balaban J connectivity index is 1.24. The van der Waals surface area contributed by atoms with E-state index in [9.17, 15) is 19.2 Å². The number of alkyl halides is 2. The summed E-state index contributed by atoms with van der Waals surface area (Å²) in [6.07, 6.45) is 0. The first-order valence-corrected chi connectivity index (χ1v) is 16.2. The van der Waals surface area contributed by atoms with Crippen LogP contribution in [0.25, 0.3) is 21.5 Å². The van der Waals surface area contributed by atoms with Crippen LogP contribution in [0.1, 0.15) is 57.8 Å². The Morgan fingerprint density at radius 1 is 0.660 bits per heavy atom. The Morgan fingerprint density at radius 3 is 1.40 bits per heavy atom. The number of fused-ring (bicyclic) bond motifs is 6. The van der Waals surface area contributed by atoms with E-state index in [0.717, 1.165) is 32.7 Å². The Morgan fingerprint density at radius 2 is 1.04 bits per heavy atom. The van der Waals surface area contributed by atoms with Gasteiger partial charge in [-0.3, -0.25) is 19.2 Å². The van der Waals surface area contributed by atoms with Crippen molar-refractivity contribution in [1.29, 1.82) is 0 Å². The number of halogens is 2. The molecule has 7 rings (SSSR count). The van der Waals surface area contributed by atoms with Gasteiger partial charge in [0.1, 0.15) is 22.9 Å². The maximum absolute atomic E-state index is 14.0. The minimum atomic E-state index is -0.472. The van der Waals surface area contributed by atoms with E-state index >= 15 is 0 Å². The van der Waals surface area contributed by atoms with Crippen molar-refractivity contribution in [3.05, 3.63) is 95.3 Å². The number of anilines is 2. The second-order valence-electron chi connectivity index (χ2n) is 11.7. The Bertz CT molecular complexity index is 1980. The molecule has 0 bridgehead atoms. The SMILES string of the molecule is CC(=O)Oc1cc2c(c3ccccc13)C(CCl)CN2C(=O)c1ccc(C(=O)N2CC(CCl)c3c2cc(OC(C)=O)c2ccccc32)[nH]1. The van der Waals surface area contributed by atoms with Gasteiger partial charge in [-0.2, -0.15) is 0 Å². The van der Waals surface area contributed by atoms with E-state index in [-0.39, 0.29) is 46.8 Å². The molecule has 11 heteroatoms. The average molecular weight is 671 g/mol. The monoisotopic (exact) mass is 669 g/mol. The fraction of sp³-hybridized carbons (Fsp3) is 0.222. The highest BCUT2D eigenvalue weighted by Gasteiger charge is 2.38. The normalized spacial score (nSPS) is 16.8. The molecule has 0 spiro atoms. The summed E-state index contributed by atoms with van der Waals surface area (Å²) in [5, 5.41) is 3.22. The largest absolute Gasteiger partial charge is 0.426 e. The van der Waals surface area contributed by atoms with Crippen molar-refractivity contribution in [3.8, 4) is 11.5 Å². The van der Waals surface area contributed by atoms with Gasteiger partial charge in [0.2, 0.25) is 0 Å². The Hall–Kier alpha value is -4.86. The highest BCUT2D eigenvalue weighted by atomic mass is 35.5. The molecule has 2 amide bonds. The minimum absolute atomic E-state index is 0.155. The molecule has 47 heavy (non-hydrogen) atoms. The predicted octanol–water partition coefficient (Wildman–Crippen LogP) is 7.14. The molecule has 1 aromatic heterocycles. The molecule has 0 aliphatic carbocycles. The van der Waals surface area contributed by atoms with E-state index < -0.39 is 11.9 Å². The van der Waals surface area contributed by atoms with Crippen molar-refractivity contribution in [3.63, 3.8) is 0 Å². The third kappa shape index (κ3) is 5.20. The molecule has 3 heterocycles. The van der Waals surface area contributed by atoms with Gasteiger partial charge >= 0.3 is 11.9 Å². The summed E-state index contributed by atoms with van der Waals surface area (Å²) in [5.74, 6) is -0.703. The molecule has 0 radical (unpaired) electrons. The third-order valence-corrected chi connectivity index (χ3v) is 9.52. The van der Waals surface area contributed by atoms with Crippen LogP contribution >= 0.6 is 23.2 Å². The number of hydrogen-bond acceptors (Lipinski definition) is 6. The summed E-state index contributed by atoms with van der Waals surface area (Å²) in [4.78, 5) is 58.2. The number of nitrogens with one attached hydrogen (secondary N) is 1. The molecule has 4 aromatic carbocycles. The van der Waals surface area contributed by atoms with Crippen LogP contribution in [0.4, 0.5) is 11.4 Å². The van der Waals surface area contributed by atoms with E-state index in [1.165, 1.54) is 13.8 Å². The zero-order valence-electron chi connectivity index (χ0n) is 25.5. The lowest BCUT2D eigenvalue weighted by molar-refractivity contribution is -0.132. The predicted molar refractivity (Wildman–Crippen MR) is 182 cm³/mol. The number of esters is 2. The van der Waals surface area contributed by atoms with Crippen molar-refractivity contribution in [2.24, 2.45) is 0 Å². The molecule has 0 saturated heterocycles. The summed E-state index contributed by atoms with van der Waals surface area (Å²) < 4.78 is 11.1. The zero-order chi connectivity index (χ0) is 33.0. The quantitative estimate of drug-likeness (QED) is 0.117. The van der Waals surface area contributed by atoms with E-state index in [2.05, 4.69) is 4.98 Å². The van der Waals surface area contributed by atoms with E-state index in [1.807, 2.05) is 48.5 Å². The third-order valence-electron chi connectivity index (χ3n) is 8.77. The average Bonchev–Trinajstić information content (AvgIpc) is 3.80. The van der Waals surface area contributed by atoms with Crippen LogP contribution in [0.3, 0.4) is 0 Å². The lowest BCUT2D eigenvalue weighted by Crippen LogP contribution is -2.32. The molecular formula is C36H29Cl2N3O6. The van der Waals surface area contributed by atoms with Crippen molar-refractivity contribution in [2.75, 3.05) is 34.6 Å². The van der Waals surface area contributed by atoms with Crippen LogP contribution in [-0.2, 0) is 9.59 Å². The van der Waals surface area contributed by atoms with Crippen LogP contribution in [0.15, 0.2) is 72.8 Å². The summed E-state index contributed by atoms with van der Waals surface area (Å²) in [6, 6.07) is 21.7. The number of aromatic nitrogens is 1. The van der Waals surface area contributed by atoms with Crippen LogP contribution in [0.5, 0.6) is 11.5 Å². The number of nitrogens with zero attached hydrogens (tertiary/aromatic N) is 2. The highest BCUT2D eigenvalue weighted by molar-refractivity contribution is 6.20. The molecule has 5 aromatic rings. The molecule has 2 atom stereocenters. The molecule has 2 aliphatic heterocycles. The molecule has 0 saturated carbocycles. The lowest BCUT2D eigenvalue weighted by Gasteiger charge is -2.19. The number of hydrogen-bond donors (Lipinski definition) is 1. The standard InChI is InChI=1S/C36H29Cl2N3O6/c1-19(42)46-31-13-29-33(25-9-5-3-7-23(25)31)21(15-37)17-40(29)35(44)27-11-12-28(39-27)36(45)41-18-22(16-38)34-26-10-6-4-8-24(26)32(14-30(34)41)47-20(2)43/h3-14,21-22,39H,15-18H2,1-2H3. The number of aromatic amines is 1. The van der Waals surface area contributed by atoms with Crippen molar-refractivity contribution in [1.82, 2.24) is 4.98 Å². The summed E-state index contributed by atoms with van der Waals surface area (Å²) in [7, 11) is 0. The van der Waals surface area contributed by atoms with Gasteiger partial charge in [-0.15, -0.1) is 23.2 Å². The number of carbonyl (C=O) groups is 4. The maximum Gasteiger partial charge on any atom is 0.308 e. The summed E-state index contributed by atoms with van der Waals surface area (Å²) in [5.41, 5.74) is 3.43. The number of H-pyrrole nitrogens is 1. The van der Waals surface area contributed by atoms with Crippen LogP contribution in [-0.4, -0.2) is 53.6 Å². The van der Waals surface area contributed by atoms with Gasteiger partial charge in [0, 0.05) is 73.4 Å². The molecule has 1 N–H and O–H groups in total. The second kappa shape index (κ2) is 12.1. The zero-order valence-corrected chi connectivity index (χ0v) is 27.0. The topological polar surface area (TPSA) is 109 Å². The molecule has 0 fully saturated rings. The fourth-order valence-corrected chi connectivity index (χ4v) is 7.38. The van der Waals surface area contributed by atoms with Gasteiger partial charge in [-0.25, -0.2) is 0 Å². The van der Waals surface area contributed by atoms with Gasteiger partial charge in [-0.1, -0.05) is 48.5 Å². The van der Waals surface area contributed by atoms with Crippen molar-refractivity contribution in [2.45, 2.75) is 25.7 Å². The smallest absolute Gasteiger partial charge is 0.308 e. The van der Waals surface area contributed by atoms with E-state index in [1.54, 1.807) is 34.1 Å². The fourth-order valence-electron chi connectivity index (χ4n) is 6.88. The number of rotatable bonds is 6. The van der Waals surface area contributed by atoms with Gasteiger partial charge < -0.3 is 24.3 Å². The minimum Gasteiger partial charge on any atom is -0.426 e. The first kappa shape index (κ1) is 30.8.